The number of rotatable bonds is 6. The van der Waals surface area contributed by atoms with Crippen LogP contribution < -0.4 is 15.5 Å². The molecule has 8 nitrogen and oxygen atoms in total. The van der Waals surface area contributed by atoms with Gasteiger partial charge in [0, 0.05) is 36.7 Å². The van der Waals surface area contributed by atoms with Crippen LogP contribution in [0.5, 0.6) is 0 Å². The summed E-state index contributed by atoms with van der Waals surface area (Å²) in [5.41, 5.74) is 6.33. The van der Waals surface area contributed by atoms with Crippen molar-refractivity contribution < 1.29 is 4.79 Å². The number of hydrogen-bond donors (Lipinski definition) is 2. The third kappa shape index (κ3) is 4.69. The minimum Gasteiger partial charge on any atom is -0.338 e. The van der Waals surface area contributed by atoms with Gasteiger partial charge in [-0.05, 0) is 49.7 Å². The highest BCUT2D eigenvalue weighted by atomic mass is 16.2. The fourth-order valence-corrected chi connectivity index (χ4v) is 4.09. The average Bonchev–Trinajstić information content (AvgIpc) is 3.42. The molecule has 0 unspecified atom stereocenters. The van der Waals surface area contributed by atoms with Crippen LogP contribution in [-0.2, 0) is 6.54 Å². The van der Waals surface area contributed by atoms with E-state index in [-0.39, 0.29) is 6.03 Å². The molecular weight excluding hydrogens is 414 g/mol. The Morgan fingerprint density at radius 2 is 1.85 bits per heavy atom. The Hall–Kier alpha value is -4.20. The Bertz CT molecular complexity index is 1280. The van der Waals surface area contributed by atoms with Gasteiger partial charge in [-0.2, -0.15) is 5.10 Å². The molecule has 4 aromatic rings. The number of amides is 2. The minimum absolute atomic E-state index is 0.0664. The third-order valence-corrected chi connectivity index (χ3v) is 5.48. The normalized spacial score (nSPS) is 13.3. The molecule has 1 aliphatic rings. The van der Waals surface area contributed by atoms with Crippen molar-refractivity contribution in [2.24, 2.45) is 0 Å². The molecule has 2 aromatic heterocycles. The Balaban J connectivity index is 1.28. The zero-order chi connectivity index (χ0) is 22.8. The fourth-order valence-electron chi connectivity index (χ4n) is 4.09. The summed E-state index contributed by atoms with van der Waals surface area (Å²) >= 11 is 0. The van der Waals surface area contributed by atoms with Crippen LogP contribution in [0.2, 0.25) is 0 Å². The average molecular weight is 440 g/mol. The second kappa shape index (κ2) is 8.74. The van der Waals surface area contributed by atoms with Gasteiger partial charge in [-0.25, -0.2) is 14.8 Å². The summed E-state index contributed by atoms with van der Waals surface area (Å²) in [5, 5.41) is 10.6. The molecule has 8 heteroatoms. The minimum atomic E-state index is -0.0664. The maximum absolute atomic E-state index is 11.9. The largest absolute Gasteiger partial charge is 0.338 e. The first kappa shape index (κ1) is 20.7. The van der Waals surface area contributed by atoms with Crippen LogP contribution in [0, 0.1) is 13.8 Å². The molecule has 1 saturated heterocycles. The molecule has 166 valence electrons. The predicted octanol–water partition coefficient (Wildman–Crippen LogP) is 4.28. The number of hydrogen-bond acceptors (Lipinski definition) is 5. The van der Waals surface area contributed by atoms with Gasteiger partial charge in [0.1, 0.15) is 5.82 Å². The number of carbonyl (C=O) groups excluding carboxylic acids is 1. The zero-order valence-corrected chi connectivity index (χ0v) is 18.6. The van der Waals surface area contributed by atoms with Gasteiger partial charge in [0.05, 0.1) is 18.4 Å². The highest BCUT2D eigenvalue weighted by molar-refractivity contribution is 5.94. The Kier molecular flexibility index (Phi) is 5.48. The molecule has 2 amide bonds. The van der Waals surface area contributed by atoms with Gasteiger partial charge in [-0.3, -0.25) is 9.58 Å². The van der Waals surface area contributed by atoms with Crippen molar-refractivity contribution in [2.45, 2.75) is 20.4 Å². The molecule has 0 spiro atoms. The fraction of sp³-hybridized carbons (Fsp3) is 0.200. The number of carbonyl (C=O) groups is 1. The van der Waals surface area contributed by atoms with E-state index in [9.17, 15) is 4.79 Å². The molecular formula is C25H25N7O. The monoisotopic (exact) mass is 439 g/mol. The van der Waals surface area contributed by atoms with Gasteiger partial charge in [0.25, 0.3) is 0 Å². The van der Waals surface area contributed by atoms with E-state index in [0.717, 1.165) is 16.9 Å². The standard InChI is InChI=1S/C25H25N7O/c1-17-11-18(2)13-19(12-17)15-31-16-21(14-28-31)29-23-7-8-26-24(30-23)20-3-5-22(6-4-20)32-10-9-27-25(32)33/h3-8,11-14,16H,9-10,15H2,1-2H3,(H,27,33)(H,26,29,30). The van der Waals surface area contributed by atoms with Crippen LogP contribution >= 0.6 is 0 Å². The van der Waals surface area contributed by atoms with Crippen LogP contribution in [0.1, 0.15) is 16.7 Å². The summed E-state index contributed by atoms with van der Waals surface area (Å²) in [5.74, 6) is 1.30. The lowest BCUT2D eigenvalue weighted by molar-refractivity contribution is 0.252. The van der Waals surface area contributed by atoms with Crippen molar-refractivity contribution in [3.63, 3.8) is 0 Å². The van der Waals surface area contributed by atoms with E-state index < -0.39 is 0 Å². The lowest BCUT2D eigenvalue weighted by Crippen LogP contribution is -2.27. The number of anilines is 3. The third-order valence-electron chi connectivity index (χ3n) is 5.48. The molecule has 0 atom stereocenters. The van der Waals surface area contributed by atoms with Crippen LogP contribution in [0.4, 0.5) is 22.0 Å². The summed E-state index contributed by atoms with van der Waals surface area (Å²) in [6, 6.07) is 16.0. The van der Waals surface area contributed by atoms with E-state index in [1.54, 1.807) is 17.3 Å². The number of aromatic nitrogens is 4. The highest BCUT2D eigenvalue weighted by Crippen LogP contribution is 2.23. The second-order valence-electron chi connectivity index (χ2n) is 8.24. The molecule has 0 saturated carbocycles. The summed E-state index contributed by atoms with van der Waals surface area (Å²) in [4.78, 5) is 22.6. The predicted molar refractivity (Wildman–Crippen MR) is 129 cm³/mol. The van der Waals surface area contributed by atoms with Crippen molar-refractivity contribution in [3.05, 3.63) is 83.8 Å². The molecule has 0 bridgehead atoms. The van der Waals surface area contributed by atoms with Crippen molar-refractivity contribution >= 4 is 23.2 Å². The smallest absolute Gasteiger partial charge is 0.321 e. The molecule has 3 heterocycles. The maximum Gasteiger partial charge on any atom is 0.321 e. The molecule has 1 aliphatic heterocycles. The lowest BCUT2D eigenvalue weighted by atomic mass is 10.1. The second-order valence-corrected chi connectivity index (χ2v) is 8.24. The summed E-state index contributed by atoms with van der Waals surface area (Å²) in [7, 11) is 0. The van der Waals surface area contributed by atoms with E-state index in [2.05, 4.69) is 57.7 Å². The van der Waals surface area contributed by atoms with Crippen LogP contribution in [0.25, 0.3) is 11.4 Å². The summed E-state index contributed by atoms with van der Waals surface area (Å²) < 4.78 is 1.91. The van der Waals surface area contributed by atoms with Crippen LogP contribution in [0.3, 0.4) is 0 Å². The van der Waals surface area contributed by atoms with Crippen molar-refractivity contribution in [3.8, 4) is 11.4 Å². The van der Waals surface area contributed by atoms with E-state index >= 15 is 0 Å². The van der Waals surface area contributed by atoms with E-state index in [4.69, 9.17) is 0 Å². The number of nitrogens with one attached hydrogen (secondary N) is 2. The molecule has 2 aromatic carbocycles. The van der Waals surface area contributed by atoms with Crippen molar-refractivity contribution in [1.82, 2.24) is 25.1 Å². The van der Waals surface area contributed by atoms with Gasteiger partial charge in [0.15, 0.2) is 5.82 Å². The van der Waals surface area contributed by atoms with E-state index in [0.29, 0.717) is 31.3 Å². The molecule has 1 fully saturated rings. The SMILES string of the molecule is Cc1cc(C)cc(Cn2cc(Nc3ccnc(-c4ccc(N5CCNC5=O)cc4)n3)cn2)c1. The summed E-state index contributed by atoms with van der Waals surface area (Å²) in [6.45, 7) is 6.26. The first-order chi connectivity index (χ1) is 16.0. The highest BCUT2D eigenvalue weighted by Gasteiger charge is 2.20. The number of aryl methyl sites for hydroxylation is 2. The van der Waals surface area contributed by atoms with Gasteiger partial charge in [-0.1, -0.05) is 29.3 Å². The number of nitrogens with zero attached hydrogens (tertiary/aromatic N) is 5. The number of urea groups is 1. The van der Waals surface area contributed by atoms with Crippen molar-refractivity contribution in [2.75, 3.05) is 23.3 Å². The molecule has 2 N–H and O–H groups in total. The first-order valence-corrected chi connectivity index (χ1v) is 10.9. The van der Waals surface area contributed by atoms with Crippen LogP contribution in [-0.4, -0.2) is 38.9 Å². The molecule has 0 radical (unpaired) electrons. The van der Waals surface area contributed by atoms with E-state index in [1.807, 2.05) is 41.2 Å². The summed E-state index contributed by atoms with van der Waals surface area (Å²) in [6.07, 6.45) is 5.49. The van der Waals surface area contributed by atoms with Gasteiger partial charge < -0.3 is 10.6 Å². The van der Waals surface area contributed by atoms with Gasteiger partial charge in [-0.15, -0.1) is 0 Å². The van der Waals surface area contributed by atoms with Crippen molar-refractivity contribution in [1.29, 1.82) is 0 Å². The van der Waals surface area contributed by atoms with Gasteiger partial charge >= 0.3 is 6.03 Å². The Morgan fingerprint density at radius 3 is 2.58 bits per heavy atom. The van der Waals surface area contributed by atoms with Crippen LogP contribution in [0.15, 0.2) is 67.1 Å². The Morgan fingerprint density at radius 1 is 1.06 bits per heavy atom. The first-order valence-electron chi connectivity index (χ1n) is 10.9. The molecule has 0 aliphatic carbocycles. The Labute approximate surface area is 192 Å². The molecule has 33 heavy (non-hydrogen) atoms. The number of benzene rings is 2. The quantitative estimate of drug-likeness (QED) is 0.468. The van der Waals surface area contributed by atoms with Gasteiger partial charge in [0.2, 0.25) is 0 Å². The van der Waals surface area contributed by atoms with E-state index in [1.165, 1.54) is 16.7 Å². The zero-order valence-electron chi connectivity index (χ0n) is 18.6. The molecule has 5 rings (SSSR count). The topological polar surface area (TPSA) is 88.0 Å². The maximum atomic E-state index is 11.9. The lowest BCUT2D eigenvalue weighted by Gasteiger charge is -2.14.